The van der Waals surface area contributed by atoms with E-state index in [9.17, 15) is 13.6 Å². The van der Waals surface area contributed by atoms with Crippen molar-refractivity contribution in [2.45, 2.75) is 25.7 Å². The molecule has 2 nitrogen and oxygen atoms in total. The molecule has 1 amide bonds. The van der Waals surface area contributed by atoms with Crippen LogP contribution in [-0.2, 0) is 0 Å². The Morgan fingerprint density at radius 3 is 2.76 bits per heavy atom. The summed E-state index contributed by atoms with van der Waals surface area (Å²) in [4.78, 5) is 11.6. The van der Waals surface area contributed by atoms with Gasteiger partial charge in [0.25, 0.3) is 5.91 Å². The van der Waals surface area contributed by atoms with Crippen molar-refractivity contribution in [3.05, 3.63) is 35.4 Å². The third-order valence-corrected chi connectivity index (χ3v) is 3.26. The van der Waals surface area contributed by atoms with Gasteiger partial charge < -0.3 is 5.32 Å². The molecule has 1 aliphatic rings. The molecule has 1 aliphatic carbocycles. The highest BCUT2D eigenvalue weighted by Crippen LogP contribution is 2.28. The Kier molecular flexibility index (Phi) is 3.71. The first kappa shape index (κ1) is 12.0. The zero-order valence-corrected chi connectivity index (χ0v) is 9.51. The second kappa shape index (κ2) is 5.25. The first-order chi connectivity index (χ1) is 8.18. The van der Waals surface area contributed by atoms with E-state index >= 15 is 0 Å². The predicted octanol–water partition coefficient (Wildman–Crippen LogP) is 2.88. The van der Waals surface area contributed by atoms with Gasteiger partial charge in [0.1, 0.15) is 0 Å². The van der Waals surface area contributed by atoms with Crippen LogP contribution in [0, 0.1) is 17.6 Å². The maximum absolute atomic E-state index is 13.3. The zero-order valence-electron chi connectivity index (χ0n) is 9.51. The van der Waals surface area contributed by atoms with Gasteiger partial charge in [-0.3, -0.25) is 4.79 Å². The Labute approximate surface area is 99.0 Å². The van der Waals surface area contributed by atoms with Crippen molar-refractivity contribution in [3.8, 4) is 0 Å². The first-order valence-electron chi connectivity index (χ1n) is 5.90. The summed E-state index contributed by atoms with van der Waals surface area (Å²) in [6, 6.07) is 3.62. The summed E-state index contributed by atoms with van der Waals surface area (Å²) in [5.74, 6) is -1.92. The SMILES string of the molecule is O=C(NCCC1CCC1)c1cccc(F)c1F. The minimum Gasteiger partial charge on any atom is -0.352 e. The highest BCUT2D eigenvalue weighted by atomic mass is 19.2. The van der Waals surface area contributed by atoms with Crippen molar-refractivity contribution >= 4 is 5.91 Å². The van der Waals surface area contributed by atoms with Crippen molar-refractivity contribution in [1.82, 2.24) is 5.32 Å². The second-order valence-corrected chi connectivity index (χ2v) is 4.44. The molecule has 0 aliphatic heterocycles. The van der Waals surface area contributed by atoms with E-state index in [2.05, 4.69) is 5.32 Å². The minimum absolute atomic E-state index is 0.224. The number of rotatable bonds is 4. The zero-order chi connectivity index (χ0) is 12.3. The highest BCUT2D eigenvalue weighted by Gasteiger charge is 2.18. The van der Waals surface area contributed by atoms with Crippen LogP contribution in [0.15, 0.2) is 18.2 Å². The monoisotopic (exact) mass is 239 g/mol. The fourth-order valence-corrected chi connectivity index (χ4v) is 1.95. The van der Waals surface area contributed by atoms with Crippen LogP contribution in [-0.4, -0.2) is 12.5 Å². The van der Waals surface area contributed by atoms with Crippen molar-refractivity contribution in [3.63, 3.8) is 0 Å². The second-order valence-electron chi connectivity index (χ2n) is 4.44. The lowest BCUT2D eigenvalue weighted by atomic mass is 9.83. The molecule has 17 heavy (non-hydrogen) atoms. The molecule has 92 valence electrons. The van der Waals surface area contributed by atoms with E-state index in [4.69, 9.17) is 0 Å². The molecule has 0 unspecified atom stereocenters. The van der Waals surface area contributed by atoms with Crippen LogP contribution in [0.5, 0.6) is 0 Å². The number of amides is 1. The van der Waals surface area contributed by atoms with Gasteiger partial charge in [-0.15, -0.1) is 0 Å². The van der Waals surface area contributed by atoms with Crippen LogP contribution in [0.25, 0.3) is 0 Å². The van der Waals surface area contributed by atoms with Crippen molar-refractivity contribution in [2.24, 2.45) is 5.92 Å². The summed E-state index contributed by atoms with van der Waals surface area (Å²) in [7, 11) is 0. The summed E-state index contributed by atoms with van der Waals surface area (Å²) in [5.41, 5.74) is -0.224. The summed E-state index contributed by atoms with van der Waals surface area (Å²) >= 11 is 0. The molecule has 4 heteroatoms. The van der Waals surface area contributed by atoms with E-state index in [1.807, 2.05) is 0 Å². The Morgan fingerprint density at radius 2 is 2.12 bits per heavy atom. The number of hydrogen-bond donors (Lipinski definition) is 1. The fraction of sp³-hybridized carbons (Fsp3) is 0.462. The molecule has 0 heterocycles. The van der Waals surface area contributed by atoms with E-state index in [1.165, 1.54) is 31.4 Å². The smallest absolute Gasteiger partial charge is 0.254 e. The van der Waals surface area contributed by atoms with Gasteiger partial charge in [-0.2, -0.15) is 0 Å². The molecule has 0 spiro atoms. The number of carbonyl (C=O) groups is 1. The van der Waals surface area contributed by atoms with Crippen LogP contribution < -0.4 is 5.32 Å². The molecule has 2 rings (SSSR count). The van der Waals surface area contributed by atoms with E-state index < -0.39 is 17.5 Å². The summed E-state index contributed by atoms with van der Waals surface area (Å²) in [6.45, 7) is 0.527. The molecule has 0 bridgehead atoms. The largest absolute Gasteiger partial charge is 0.352 e. The number of carbonyl (C=O) groups excluding carboxylic acids is 1. The van der Waals surface area contributed by atoms with Gasteiger partial charge in [-0.25, -0.2) is 8.78 Å². The summed E-state index contributed by atoms with van der Waals surface area (Å²) in [6.07, 6.45) is 4.61. The van der Waals surface area contributed by atoms with Gasteiger partial charge in [-0.05, 0) is 24.5 Å². The van der Waals surface area contributed by atoms with Crippen LogP contribution in [0.1, 0.15) is 36.0 Å². The number of nitrogens with one attached hydrogen (secondary N) is 1. The van der Waals surface area contributed by atoms with Gasteiger partial charge >= 0.3 is 0 Å². The summed E-state index contributed by atoms with van der Waals surface area (Å²) < 4.78 is 26.2. The fourth-order valence-electron chi connectivity index (χ4n) is 1.95. The number of hydrogen-bond acceptors (Lipinski definition) is 1. The lowest BCUT2D eigenvalue weighted by Gasteiger charge is -2.25. The molecule has 0 radical (unpaired) electrons. The van der Waals surface area contributed by atoms with E-state index in [0.717, 1.165) is 12.5 Å². The van der Waals surface area contributed by atoms with E-state index in [1.54, 1.807) is 0 Å². The maximum atomic E-state index is 13.3. The van der Waals surface area contributed by atoms with Crippen LogP contribution >= 0.6 is 0 Å². The van der Waals surface area contributed by atoms with E-state index in [-0.39, 0.29) is 5.56 Å². The van der Waals surface area contributed by atoms with Gasteiger partial charge in [0.05, 0.1) is 5.56 Å². The van der Waals surface area contributed by atoms with Crippen LogP contribution in [0.3, 0.4) is 0 Å². The van der Waals surface area contributed by atoms with Crippen molar-refractivity contribution in [2.75, 3.05) is 6.54 Å². The Balaban J connectivity index is 1.87. The molecule has 0 atom stereocenters. The molecular formula is C13H15F2NO. The average molecular weight is 239 g/mol. The Bertz CT molecular complexity index is 416. The molecule has 1 fully saturated rings. The van der Waals surface area contributed by atoms with Gasteiger partial charge in [0.2, 0.25) is 0 Å². The molecule has 0 saturated heterocycles. The molecule has 1 aromatic rings. The molecule has 1 aromatic carbocycles. The van der Waals surface area contributed by atoms with Crippen molar-refractivity contribution < 1.29 is 13.6 Å². The van der Waals surface area contributed by atoms with Crippen LogP contribution in [0.4, 0.5) is 8.78 Å². The van der Waals surface area contributed by atoms with Gasteiger partial charge in [0.15, 0.2) is 11.6 Å². The molecule has 0 aromatic heterocycles. The Hall–Kier alpha value is -1.45. The third-order valence-electron chi connectivity index (χ3n) is 3.26. The predicted molar refractivity (Wildman–Crippen MR) is 60.6 cm³/mol. The standard InChI is InChI=1S/C13H15F2NO/c14-11-6-2-5-10(12(11)15)13(17)16-8-7-9-3-1-4-9/h2,5-6,9H,1,3-4,7-8H2,(H,16,17). The highest BCUT2D eigenvalue weighted by molar-refractivity contribution is 5.94. The van der Waals surface area contributed by atoms with E-state index in [0.29, 0.717) is 12.5 Å². The topological polar surface area (TPSA) is 29.1 Å². The first-order valence-corrected chi connectivity index (χ1v) is 5.90. The molecular weight excluding hydrogens is 224 g/mol. The van der Waals surface area contributed by atoms with Crippen LogP contribution in [0.2, 0.25) is 0 Å². The normalized spacial score (nSPS) is 15.4. The quantitative estimate of drug-likeness (QED) is 0.860. The average Bonchev–Trinajstić information content (AvgIpc) is 2.25. The summed E-state index contributed by atoms with van der Waals surface area (Å²) in [5, 5.41) is 2.62. The lowest BCUT2D eigenvalue weighted by molar-refractivity contribution is 0.0944. The minimum atomic E-state index is -1.08. The van der Waals surface area contributed by atoms with Gasteiger partial charge in [-0.1, -0.05) is 25.3 Å². The number of halogens is 2. The van der Waals surface area contributed by atoms with Gasteiger partial charge in [0, 0.05) is 6.54 Å². The maximum Gasteiger partial charge on any atom is 0.254 e. The molecule has 1 saturated carbocycles. The molecule has 1 N–H and O–H groups in total. The van der Waals surface area contributed by atoms with Crippen molar-refractivity contribution in [1.29, 1.82) is 0 Å². The Morgan fingerprint density at radius 1 is 1.35 bits per heavy atom. The third kappa shape index (κ3) is 2.81. The number of benzene rings is 1. The lowest BCUT2D eigenvalue weighted by Crippen LogP contribution is -2.28.